The maximum Gasteiger partial charge on any atom is 0.343 e. The number of carbonyl (C=O) groups is 1. The monoisotopic (exact) mass is 368 g/mol. The predicted molar refractivity (Wildman–Crippen MR) is 87.6 cm³/mol. The van der Waals surface area contributed by atoms with Crippen molar-refractivity contribution in [1.29, 1.82) is 0 Å². The normalized spacial score (nSPS) is 11.5. The Morgan fingerprint density at radius 2 is 1.78 bits per heavy atom. The fourth-order valence-corrected chi connectivity index (χ4v) is 3.76. The Kier molecular flexibility index (Phi) is 3.97. The molecule has 0 radical (unpaired) electrons. The van der Waals surface area contributed by atoms with Gasteiger partial charge in [0, 0.05) is 0 Å². The number of halogens is 1. The van der Waals surface area contributed by atoms with Crippen LogP contribution >= 0.6 is 23.8 Å². The van der Waals surface area contributed by atoms with Crippen molar-refractivity contribution >= 4 is 51.0 Å². The summed E-state index contributed by atoms with van der Waals surface area (Å²) in [5, 5.41) is 0.00782. The number of hydrogen-bond donors (Lipinski definition) is 1. The zero-order chi connectivity index (χ0) is 16.6. The molecule has 3 aromatic rings. The minimum absolute atomic E-state index is 0.00782. The highest BCUT2D eigenvalue weighted by molar-refractivity contribution is 7.90. The molecule has 0 spiro atoms. The molecule has 1 amide bonds. The number of carbonyl (C=O) groups excluding carboxylic acids is 1. The van der Waals surface area contributed by atoms with Crippen LogP contribution in [0.15, 0.2) is 57.8 Å². The fourth-order valence-electron chi connectivity index (χ4n) is 2.04. The Balaban J connectivity index is 2.03. The standard InChI is InChI=1S/C14H9ClN2O4S2/c15-9-5-1-4-8-12(9)23(19,20)16-13(18)17-10-6-2-3-7-11(10)21-14(17)22/h1-8H,(H,16,18). The minimum Gasteiger partial charge on any atom is -0.429 e. The van der Waals surface area contributed by atoms with Crippen LogP contribution in [-0.4, -0.2) is 19.0 Å². The van der Waals surface area contributed by atoms with Crippen molar-refractivity contribution in [3.05, 3.63) is 58.4 Å². The van der Waals surface area contributed by atoms with E-state index in [0.29, 0.717) is 11.1 Å². The Hall–Kier alpha value is -2.16. The molecule has 23 heavy (non-hydrogen) atoms. The van der Waals surface area contributed by atoms with Crippen LogP contribution in [0.1, 0.15) is 0 Å². The molecule has 0 aliphatic rings. The summed E-state index contributed by atoms with van der Waals surface area (Å²) < 4.78 is 32.8. The number of nitrogens with one attached hydrogen (secondary N) is 1. The van der Waals surface area contributed by atoms with E-state index in [1.165, 1.54) is 18.2 Å². The summed E-state index contributed by atoms with van der Waals surface area (Å²) in [7, 11) is -4.14. The van der Waals surface area contributed by atoms with Gasteiger partial charge in [-0.15, -0.1) is 0 Å². The van der Waals surface area contributed by atoms with E-state index >= 15 is 0 Å². The van der Waals surface area contributed by atoms with Gasteiger partial charge < -0.3 is 4.42 Å². The van der Waals surface area contributed by atoms with Crippen LogP contribution in [0.5, 0.6) is 0 Å². The third-order valence-corrected chi connectivity index (χ3v) is 5.12. The van der Waals surface area contributed by atoms with Gasteiger partial charge in [-0.3, -0.25) is 0 Å². The number of fused-ring (bicyclic) bond motifs is 1. The maximum atomic E-state index is 12.3. The average Bonchev–Trinajstić information content (AvgIpc) is 2.82. The summed E-state index contributed by atoms with van der Waals surface area (Å²) in [4.78, 5) is 12.0. The molecule has 1 aromatic heterocycles. The zero-order valence-electron chi connectivity index (χ0n) is 11.4. The van der Waals surface area contributed by atoms with Crippen molar-refractivity contribution in [1.82, 2.24) is 9.29 Å². The number of sulfonamides is 1. The van der Waals surface area contributed by atoms with E-state index in [2.05, 4.69) is 0 Å². The van der Waals surface area contributed by atoms with Crippen molar-refractivity contribution in [3.8, 4) is 0 Å². The molecule has 6 nitrogen and oxygen atoms in total. The molecule has 2 aromatic carbocycles. The third kappa shape index (κ3) is 2.88. The number of benzene rings is 2. The second kappa shape index (κ2) is 5.80. The summed E-state index contributed by atoms with van der Waals surface area (Å²) in [6, 6.07) is 11.5. The quantitative estimate of drug-likeness (QED) is 0.699. The molecule has 1 N–H and O–H groups in total. The van der Waals surface area contributed by atoms with Crippen molar-refractivity contribution in [3.63, 3.8) is 0 Å². The largest absolute Gasteiger partial charge is 0.429 e. The van der Waals surface area contributed by atoms with Crippen LogP contribution in [0, 0.1) is 4.84 Å². The summed E-state index contributed by atoms with van der Waals surface area (Å²) in [6.07, 6.45) is 0. The molecule has 0 saturated carbocycles. The first-order valence-electron chi connectivity index (χ1n) is 6.32. The Morgan fingerprint density at radius 1 is 1.13 bits per heavy atom. The van der Waals surface area contributed by atoms with Crippen LogP contribution in [0.3, 0.4) is 0 Å². The lowest BCUT2D eigenvalue weighted by Crippen LogP contribution is -2.34. The van der Waals surface area contributed by atoms with E-state index in [1.54, 1.807) is 30.3 Å². The topological polar surface area (TPSA) is 81.3 Å². The Bertz CT molecular complexity index is 1070. The summed E-state index contributed by atoms with van der Waals surface area (Å²) in [6.45, 7) is 0. The molecule has 9 heteroatoms. The number of nitrogens with zero attached hydrogens (tertiary/aromatic N) is 1. The number of amides is 1. The number of para-hydroxylation sites is 2. The van der Waals surface area contributed by atoms with Crippen molar-refractivity contribution in [2.24, 2.45) is 0 Å². The smallest absolute Gasteiger partial charge is 0.343 e. The van der Waals surface area contributed by atoms with Gasteiger partial charge in [-0.2, -0.15) is 0 Å². The van der Waals surface area contributed by atoms with Gasteiger partial charge in [0.05, 0.1) is 10.5 Å². The van der Waals surface area contributed by atoms with Crippen molar-refractivity contribution in [2.45, 2.75) is 4.90 Å². The molecular weight excluding hydrogens is 360 g/mol. The lowest BCUT2D eigenvalue weighted by atomic mass is 10.3. The van der Waals surface area contributed by atoms with E-state index in [9.17, 15) is 13.2 Å². The molecule has 0 atom stereocenters. The van der Waals surface area contributed by atoms with E-state index in [1.807, 2.05) is 4.72 Å². The number of hydrogen-bond acceptors (Lipinski definition) is 5. The highest BCUT2D eigenvalue weighted by Crippen LogP contribution is 2.21. The SMILES string of the molecule is O=C(NS(=O)(=O)c1ccccc1Cl)n1c(=S)oc2ccccc21. The van der Waals surface area contributed by atoms with Gasteiger partial charge >= 0.3 is 6.03 Å². The van der Waals surface area contributed by atoms with Gasteiger partial charge in [0.2, 0.25) is 0 Å². The highest BCUT2D eigenvalue weighted by atomic mass is 35.5. The zero-order valence-corrected chi connectivity index (χ0v) is 13.8. The number of aromatic nitrogens is 1. The number of oxazole rings is 1. The van der Waals surface area contributed by atoms with Crippen LogP contribution < -0.4 is 4.72 Å². The second-order valence-electron chi connectivity index (χ2n) is 4.51. The Labute approximate surface area is 141 Å². The van der Waals surface area contributed by atoms with Crippen LogP contribution in [0.2, 0.25) is 5.02 Å². The molecule has 0 bridgehead atoms. The fraction of sp³-hybridized carbons (Fsp3) is 0. The first-order chi connectivity index (χ1) is 10.9. The van der Waals surface area contributed by atoms with Crippen LogP contribution in [0.4, 0.5) is 4.79 Å². The lowest BCUT2D eigenvalue weighted by Gasteiger charge is -2.08. The molecular formula is C14H9ClN2O4S2. The lowest BCUT2D eigenvalue weighted by molar-refractivity contribution is 0.247. The Morgan fingerprint density at radius 3 is 2.52 bits per heavy atom. The van der Waals surface area contributed by atoms with Crippen LogP contribution in [-0.2, 0) is 10.0 Å². The van der Waals surface area contributed by atoms with Crippen LogP contribution in [0.25, 0.3) is 11.1 Å². The first-order valence-corrected chi connectivity index (χ1v) is 8.59. The molecule has 3 rings (SSSR count). The molecule has 0 fully saturated rings. The van der Waals surface area contributed by atoms with Gasteiger partial charge in [-0.05, 0) is 36.5 Å². The van der Waals surface area contributed by atoms with Gasteiger partial charge in [-0.1, -0.05) is 35.9 Å². The highest BCUT2D eigenvalue weighted by Gasteiger charge is 2.23. The third-order valence-electron chi connectivity index (χ3n) is 3.04. The van der Waals surface area contributed by atoms with Gasteiger partial charge in [0.25, 0.3) is 14.9 Å². The summed E-state index contributed by atoms with van der Waals surface area (Å²) in [5.41, 5.74) is 0.743. The van der Waals surface area contributed by atoms with Gasteiger partial charge in [0.1, 0.15) is 4.90 Å². The van der Waals surface area contributed by atoms with E-state index < -0.39 is 16.1 Å². The van der Waals surface area contributed by atoms with Gasteiger partial charge in [-0.25, -0.2) is 22.5 Å². The number of rotatable bonds is 2. The molecule has 0 unspecified atom stereocenters. The average molecular weight is 369 g/mol. The first kappa shape index (κ1) is 15.7. The van der Waals surface area contributed by atoms with E-state index in [-0.39, 0.29) is 14.8 Å². The molecule has 0 aliphatic heterocycles. The molecule has 0 aliphatic carbocycles. The maximum absolute atomic E-state index is 12.3. The van der Waals surface area contributed by atoms with Gasteiger partial charge in [0.15, 0.2) is 5.58 Å². The minimum atomic E-state index is -4.14. The van der Waals surface area contributed by atoms with E-state index in [4.69, 9.17) is 28.2 Å². The molecule has 118 valence electrons. The van der Waals surface area contributed by atoms with Crippen molar-refractivity contribution in [2.75, 3.05) is 0 Å². The molecule has 1 heterocycles. The van der Waals surface area contributed by atoms with Crippen molar-refractivity contribution < 1.29 is 17.6 Å². The van der Waals surface area contributed by atoms with E-state index in [0.717, 1.165) is 4.57 Å². The summed E-state index contributed by atoms with van der Waals surface area (Å²) in [5.74, 6) is 0. The molecule has 0 saturated heterocycles. The second-order valence-corrected chi connectivity index (χ2v) is 6.92. The summed E-state index contributed by atoms with van der Waals surface area (Å²) >= 11 is 10.8. The predicted octanol–water partition coefficient (Wildman–Crippen LogP) is 3.56.